The molecule has 1 atom stereocenters. The third-order valence-corrected chi connectivity index (χ3v) is 4.29. The molecule has 2 aromatic rings. The highest BCUT2D eigenvalue weighted by Crippen LogP contribution is 2.29. The molecule has 1 saturated heterocycles. The van der Waals surface area contributed by atoms with Gasteiger partial charge in [0.1, 0.15) is 0 Å². The zero-order chi connectivity index (χ0) is 15.7. The molecule has 0 saturated carbocycles. The summed E-state index contributed by atoms with van der Waals surface area (Å²) >= 11 is 0. The summed E-state index contributed by atoms with van der Waals surface area (Å²) in [4.78, 5) is 14.6. The van der Waals surface area contributed by atoms with Gasteiger partial charge in [-0.25, -0.2) is 0 Å². The van der Waals surface area contributed by atoms with Crippen molar-refractivity contribution >= 4 is 5.91 Å². The van der Waals surface area contributed by atoms with Crippen molar-refractivity contribution in [3.63, 3.8) is 0 Å². The number of furan rings is 1. The van der Waals surface area contributed by atoms with Crippen molar-refractivity contribution in [1.82, 2.24) is 4.90 Å². The van der Waals surface area contributed by atoms with Crippen LogP contribution in [0.25, 0.3) is 11.1 Å². The third kappa shape index (κ3) is 2.79. The fraction of sp³-hybridized carbons (Fsp3) is 0.389. The van der Waals surface area contributed by atoms with Crippen molar-refractivity contribution in [2.24, 2.45) is 0 Å². The molecule has 1 aliphatic rings. The average Bonchev–Trinajstić information content (AvgIpc) is 3.17. The molecule has 0 spiro atoms. The first-order chi connectivity index (χ1) is 10.5. The Morgan fingerprint density at radius 2 is 2.14 bits per heavy atom. The van der Waals surface area contributed by atoms with Crippen LogP contribution in [-0.4, -0.2) is 34.1 Å². The predicted molar refractivity (Wildman–Crippen MR) is 84.5 cm³/mol. The number of nitrogens with zero attached hydrogens (tertiary/aromatic N) is 1. The lowest BCUT2D eigenvalue weighted by atomic mass is 9.96. The second-order valence-corrected chi connectivity index (χ2v) is 6.40. The molecule has 0 bridgehead atoms. The molecule has 0 radical (unpaired) electrons. The molecule has 1 fully saturated rings. The van der Waals surface area contributed by atoms with E-state index < -0.39 is 5.60 Å². The molecule has 1 aromatic carbocycles. The number of aliphatic hydroxyl groups is 1. The minimum Gasteiger partial charge on any atom is -0.472 e. The van der Waals surface area contributed by atoms with Gasteiger partial charge in [0.05, 0.1) is 24.2 Å². The number of hydrogen-bond acceptors (Lipinski definition) is 3. The van der Waals surface area contributed by atoms with E-state index in [9.17, 15) is 9.90 Å². The van der Waals surface area contributed by atoms with Crippen LogP contribution in [0.4, 0.5) is 0 Å². The van der Waals surface area contributed by atoms with Gasteiger partial charge in [-0.05, 0) is 50.5 Å². The molecule has 0 aliphatic carbocycles. The predicted octanol–water partition coefficient (Wildman–Crippen LogP) is 3.32. The van der Waals surface area contributed by atoms with Crippen LogP contribution in [-0.2, 0) is 0 Å². The van der Waals surface area contributed by atoms with Crippen molar-refractivity contribution in [3.8, 4) is 11.1 Å². The Labute approximate surface area is 130 Å². The Bertz CT molecular complexity index is 655. The van der Waals surface area contributed by atoms with Crippen molar-refractivity contribution in [1.29, 1.82) is 0 Å². The largest absolute Gasteiger partial charge is 0.472 e. The molecule has 1 aromatic heterocycles. The van der Waals surface area contributed by atoms with Gasteiger partial charge in [-0.3, -0.25) is 4.79 Å². The Hall–Kier alpha value is -2.07. The van der Waals surface area contributed by atoms with Gasteiger partial charge in [0, 0.05) is 17.7 Å². The van der Waals surface area contributed by atoms with E-state index in [-0.39, 0.29) is 11.9 Å². The highest BCUT2D eigenvalue weighted by atomic mass is 16.3. The summed E-state index contributed by atoms with van der Waals surface area (Å²) in [7, 11) is 0. The van der Waals surface area contributed by atoms with E-state index in [4.69, 9.17) is 4.42 Å². The Morgan fingerprint density at radius 1 is 1.32 bits per heavy atom. The van der Waals surface area contributed by atoms with Crippen LogP contribution in [0.15, 0.2) is 47.3 Å². The van der Waals surface area contributed by atoms with Gasteiger partial charge in [-0.2, -0.15) is 0 Å². The molecule has 116 valence electrons. The summed E-state index contributed by atoms with van der Waals surface area (Å²) in [6, 6.07) is 9.29. The number of likely N-dealkylation sites (tertiary alicyclic amines) is 1. The summed E-state index contributed by atoms with van der Waals surface area (Å²) in [5.41, 5.74) is 1.68. The van der Waals surface area contributed by atoms with Gasteiger partial charge in [-0.15, -0.1) is 0 Å². The molecular weight excluding hydrogens is 278 g/mol. The molecule has 4 heteroatoms. The number of benzene rings is 1. The Kier molecular flexibility index (Phi) is 3.79. The van der Waals surface area contributed by atoms with Gasteiger partial charge in [0.15, 0.2) is 0 Å². The molecular formula is C18H21NO3. The maximum absolute atomic E-state index is 12.8. The topological polar surface area (TPSA) is 53.7 Å². The van der Waals surface area contributed by atoms with E-state index in [1.165, 1.54) is 0 Å². The lowest BCUT2D eigenvalue weighted by molar-refractivity contribution is 0.000339. The summed E-state index contributed by atoms with van der Waals surface area (Å²) in [6.45, 7) is 4.24. The molecule has 1 amide bonds. The maximum atomic E-state index is 12.8. The summed E-state index contributed by atoms with van der Waals surface area (Å²) in [5.74, 6) is -0.0185. The van der Waals surface area contributed by atoms with Crippen LogP contribution in [0.1, 0.15) is 37.0 Å². The molecule has 4 nitrogen and oxygen atoms in total. The first-order valence-electron chi connectivity index (χ1n) is 7.63. The number of carbonyl (C=O) groups is 1. The van der Waals surface area contributed by atoms with Gasteiger partial charge >= 0.3 is 0 Å². The summed E-state index contributed by atoms with van der Waals surface area (Å²) in [6.07, 6.45) is 5.06. The van der Waals surface area contributed by atoms with Crippen molar-refractivity contribution < 1.29 is 14.3 Å². The molecule has 2 heterocycles. The van der Waals surface area contributed by atoms with E-state index in [1.807, 2.05) is 30.3 Å². The summed E-state index contributed by atoms with van der Waals surface area (Å²) in [5, 5.41) is 10.3. The Balaban J connectivity index is 1.88. The van der Waals surface area contributed by atoms with Crippen LogP contribution in [0.5, 0.6) is 0 Å². The van der Waals surface area contributed by atoms with Gasteiger partial charge < -0.3 is 14.4 Å². The highest BCUT2D eigenvalue weighted by molar-refractivity contribution is 5.96. The Morgan fingerprint density at radius 3 is 2.82 bits per heavy atom. The first-order valence-corrected chi connectivity index (χ1v) is 7.63. The number of rotatable bonds is 3. The van der Waals surface area contributed by atoms with Crippen molar-refractivity contribution in [2.75, 3.05) is 6.54 Å². The minimum absolute atomic E-state index is 0.0185. The molecule has 22 heavy (non-hydrogen) atoms. The molecule has 3 rings (SSSR count). The number of hydrogen-bond donors (Lipinski definition) is 1. The van der Waals surface area contributed by atoms with Gasteiger partial charge in [0.2, 0.25) is 0 Å². The second-order valence-electron chi connectivity index (χ2n) is 6.40. The average molecular weight is 299 g/mol. The lowest BCUT2D eigenvalue weighted by Gasteiger charge is -2.33. The van der Waals surface area contributed by atoms with Crippen LogP contribution >= 0.6 is 0 Å². The molecule has 1 aliphatic heterocycles. The van der Waals surface area contributed by atoms with E-state index in [0.717, 1.165) is 24.0 Å². The van der Waals surface area contributed by atoms with Crippen LogP contribution in [0.3, 0.4) is 0 Å². The van der Waals surface area contributed by atoms with Gasteiger partial charge in [0.25, 0.3) is 5.91 Å². The van der Waals surface area contributed by atoms with Crippen LogP contribution in [0.2, 0.25) is 0 Å². The van der Waals surface area contributed by atoms with Crippen molar-refractivity contribution in [2.45, 2.75) is 38.3 Å². The van der Waals surface area contributed by atoms with E-state index >= 15 is 0 Å². The molecule has 1 N–H and O–H groups in total. The van der Waals surface area contributed by atoms with Crippen LogP contribution in [0, 0.1) is 0 Å². The maximum Gasteiger partial charge on any atom is 0.254 e. The van der Waals surface area contributed by atoms with Crippen LogP contribution < -0.4 is 0 Å². The zero-order valence-corrected chi connectivity index (χ0v) is 13.0. The smallest absolute Gasteiger partial charge is 0.254 e. The standard InChI is InChI=1S/C18H21NO3/c1-18(2,21)16-7-4-9-19(16)17(20)14-6-3-5-13(11-14)15-8-10-22-12-15/h3,5-6,8,10-12,16,21H,4,7,9H2,1-2H3. The number of carbonyl (C=O) groups excluding carboxylic acids is 1. The third-order valence-electron chi connectivity index (χ3n) is 4.29. The van der Waals surface area contributed by atoms with E-state index in [0.29, 0.717) is 12.1 Å². The number of amides is 1. The first kappa shape index (κ1) is 14.9. The quantitative estimate of drug-likeness (QED) is 0.946. The van der Waals surface area contributed by atoms with Gasteiger partial charge in [-0.1, -0.05) is 12.1 Å². The monoisotopic (exact) mass is 299 g/mol. The fourth-order valence-corrected chi connectivity index (χ4v) is 3.17. The van der Waals surface area contributed by atoms with Crippen molar-refractivity contribution in [3.05, 3.63) is 48.4 Å². The highest BCUT2D eigenvalue weighted by Gasteiger charge is 2.38. The second kappa shape index (κ2) is 5.61. The normalized spacial score (nSPS) is 18.7. The lowest BCUT2D eigenvalue weighted by Crippen LogP contribution is -2.48. The van der Waals surface area contributed by atoms with E-state index in [1.54, 1.807) is 31.3 Å². The SMILES string of the molecule is CC(C)(O)C1CCCN1C(=O)c1cccc(-c2ccoc2)c1. The fourth-order valence-electron chi connectivity index (χ4n) is 3.17. The zero-order valence-electron chi connectivity index (χ0n) is 13.0. The summed E-state index contributed by atoms with van der Waals surface area (Å²) < 4.78 is 5.10. The molecule has 1 unspecified atom stereocenters. The minimum atomic E-state index is -0.881. The van der Waals surface area contributed by atoms with E-state index in [2.05, 4.69) is 0 Å².